The average molecular weight is 341 g/mol. The van der Waals surface area contributed by atoms with E-state index in [0.29, 0.717) is 18.3 Å². The molecule has 1 unspecified atom stereocenters. The van der Waals surface area contributed by atoms with Crippen molar-refractivity contribution < 1.29 is 4.21 Å². The summed E-state index contributed by atoms with van der Waals surface area (Å²) in [7, 11) is -0.815. The summed E-state index contributed by atoms with van der Waals surface area (Å²) in [4.78, 5) is 4.40. The highest BCUT2D eigenvalue weighted by atomic mass is 32.2. The van der Waals surface area contributed by atoms with Crippen molar-refractivity contribution in [3.05, 3.63) is 64.7 Å². The molecule has 5 heteroatoms. The van der Waals surface area contributed by atoms with Crippen LogP contribution in [0, 0.1) is 0 Å². The third-order valence-corrected chi connectivity index (χ3v) is 4.94. The van der Waals surface area contributed by atoms with Gasteiger partial charge in [0.25, 0.3) is 0 Å². The zero-order valence-electron chi connectivity index (χ0n) is 13.9. The second kappa shape index (κ2) is 7.62. The van der Waals surface area contributed by atoms with Crippen molar-refractivity contribution >= 4 is 22.4 Å². The molecule has 1 aliphatic carbocycles. The van der Waals surface area contributed by atoms with Gasteiger partial charge in [-0.25, -0.2) is 4.99 Å². The van der Waals surface area contributed by atoms with Crippen molar-refractivity contribution in [2.75, 3.05) is 11.6 Å². The van der Waals surface area contributed by atoms with E-state index in [1.807, 2.05) is 24.3 Å². The molecule has 2 aromatic carbocycles. The van der Waals surface area contributed by atoms with Crippen molar-refractivity contribution in [3.8, 4) is 0 Å². The minimum absolute atomic E-state index is 0.423. The monoisotopic (exact) mass is 341 g/mol. The third-order valence-electron chi connectivity index (χ3n) is 4.20. The molecule has 1 aliphatic rings. The first-order chi connectivity index (χ1) is 11.6. The van der Waals surface area contributed by atoms with Gasteiger partial charge in [0.05, 0.1) is 6.54 Å². The number of nitrogens with zero attached hydrogens (tertiary/aromatic N) is 1. The van der Waals surface area contributed by atoms with E-state index in [0.717, 1.165) is 23.2 Å². The van der Waals surface area contributed by atoms with E-state index in [-0.39, 0.29) is 0 Å². The molecule has 0 aromatic heterocycles. The number of aryl methyl sites for hydroxylation is 2. The summed E-state index contributed by atoms with van der Waals surface area (Å²) in [6.45, 7) is 0.527. The molecule has 24 heavy (non-hydrogen) atoms. The summed E-state index contributed by atoms with van der Waals surface area (Å²) in [5.74, 6) is 1.01. The highest BCUT2D eigenvalue weighted by Crippen LogP contribution is 2.24. The van der Waals surface area contributed by atoms with Gasteiger partial charge in [0.15, 0.2) is 5.96 Å². The smallest absolute Gasteiger partial charge is 0.193 e. The highest BCUT2D eigenvalue weighted by molar-refractivity contribution is 7.83. The molecule has 0 fully saturated rings. The molecule has 0 spiro atoms. The minimum atomic E-state index is -0.815. The number of anilines is 1. The van der Waals surface area contributed by atoms with Crippen LogP contribution in [-0.4, -0.2) is 16.4 Å². The summed E-state index contributed by atoms with van der Waals surface area (Å²) in [6.07, 6.45) is 5.28. The summed E-state index contributed by atoms with van der Waals surface area (Å²) in [5, 5.41) is 3.17. The number of guanidine groups is 1. The number of hydrogen-bond acceptors (Lipinski definition) is 2. The Balaban J connectivity index is 1.59. The van der Waals surface area contributed by atoms with Crippen molar-refractivity contribution in [1.82, 2.24) is 0 Å². The third kappa shape index (κ3) is 4.45. The Morgan fingerprint density at radius 2 is 1.83 bits per heavy atom. The van der Waals surface area contributed by atoms with Crippen LogP contribution in [0.2, 0.25) is 0 Å². The van der Waals surface area contributed by atoms with E-state index in [9.17, 15) is 4.21 Å². The molecule has 2 aromatic rings. The summed E-state index contributed by atoms with van der Waals surface area (Å²) in [5.41, 5.74) is 12.0. The van der Waals surface area contributed by atoms with Crippen LogP contribution in [0.25, 0.3) is 0 Å². The molecule has 3 rings (SSSR count). The minimum Gasteiger partial charge on any atom is -0.370 e. The maximum absolute atomic E-state index is 11.2. The van der Waals surface area contributed by atoms with Gasteiger partial charge >= 0.3 is 0 Å². The van der Waals surface area contributed by atoms with Gasteiger partial charge in [-0.2, -0.15) is 0 Å². The van der Waals surface area contributed by atoms with Crippen molar-refractivity contribution in [3.63, 3.8) is 0 Å². The molecule has 0 aliphatic heterocycles. The molecule has 0 heterocycles. The van der Waals surface area contributed by atoms with Crippen LogP contribution < -0.4 is 11.1 Å². The molecule has 0 saturated heterocycles. The molecule has 0 amide bonds. The van der Waals surface area contributed by atoms with E-state index in [2.05, 4.69) is 28.5 Å². The zero-order chi connectivity index (χ0) is 16.9. The SMILES string of the molecule is CS(=O)Cc1ccc(CN=C(N)Nc2ccc3c(c2)CCC3)cc1. The Hall–Kier alpha value is -2.14. The van der Waals surface area contributed by atoms with Crippen LogP contribution in [0.3, 0.4) is 0 Å². The Morgan fingerprint density at radius 3 is 2.58 bits per heavy atom. The van der Waals surface area contributed by atoms with Crippen molar-refractivity contribution in [2.45, 2.75) is 31.6 Å². The van der Waals surface area contributed by atoms with Gasteiger partial charge in [0.2, 0.25) is 0 Å². The second-order valence-electron chi connectivity index (χ2n) is 6.20. The molecular formula is C19H23N3OS. The number of fused-ring (bicyclic) bond motifs is 1. The van der Waals surface area contributed by atoms with Gasteiger partial charge in [0.1, 0.15) is 0 Å². The first-order valence-corrected chi connectivity index (χ1v) is 9.89. The Kier molecular flexibility index (Phi) is 5.30. The topological polar surface area (TPSA) is 67.5 Å². The molecule has 1 atom stereocenters. The zero-order valence-corrected chi connectivity index (χ0v) is 14.7. The van der Waals surface area contributed by atoms with Crippen LogP contribution in [0.4, 0.5) is 5.69 Å². The molecule has 4 nitrogen and oxygen atoms in total. The van der Waals surface area contributed by atoms with Gasteiger partial charge in [-0.15, -0.1) is 0 Å². The molecule has 0 radical (unpaired) electrons. The standard InChI is InChI=1S/C19H23N3OS/c1-24(23)13-15-7-5-14(6-8-15)12-21-19(20)22-18-10-9-16-3-2-4-17(16)11-18/h5-11H,2-4,12-13H2,1H3,(H3,20,21,22). The van der Waals surface area contributed by atoms with Gasteiger partial charge < -0.3 is 11.1 Å². The fourth-order valence-electron chi connectivity index (χ4n) is 2.99. The fraction of sp³-hybridized carbons (Fsp3) is 0.316. The van der Waals surface area contributed by atoms with Crippen molar-refractivity contribution in [2.24, 2.45) is 10.7 Å². The molecule has 0 saturated carbocycles. The van der Waals surface area contributed by atoms with Crippen molar-refractivity contribution in [1.29, 1.82) is 0 Å². The maximum Gasteiger partial charge on any atom is 0.193 e. The predicted octanol–water partition coefficient (Wildman–Crippen LogP) is 2.98. The molecule has 126 valence electrons. The van der Waals surface area contributed by atoms with E-state index < -0.39 is 10.8 Å². The Morgan fingerprint density at radius 1 is 1.12 bits per heavy atom. The fourth-order valence-corrected chi connectivity index (χ4v) is 3.65. The van der Waals surface area contributed by atoms with Gasteiger partial charge in [-0.1, -0.05) is 30.3 Å². The number of nitrogens with one attached hydrogen (secondary N) is 1. The van der Waals surface area contributed by atoms with Crippen LogP contribution in [0.1, 0.15) is 28.7 Å². The van der Waals surface area contributed by atoms with Gasteiger partial charge in [0, 0.05) is 28.5 Å². The van der Waals surface area contributed by atoms with Crippen LogP contribution in [-0.2, 0) is 35.9 Å². The Bertz CT molecular complexity index is 769. The van der Waals surface area contributed by atoms with Crippen LogP contribution in [0.5, 0.6) is 0 Å². The lowest BCUT2D eigenvalue weighted by Crippen LogP contribution is -2.22. The Labute approximate surface area is 145 Å². The maximum atomic E-state index is 11.2. The predicted molar refractivity (Wildman–Crippen MR) is 102 cm³/mol. The summed E-state index contributed by atoms with van der Waals surface area (Å²) >= 11 is 0. The quantitative estimate of drug-likeness (QED) is 0.649. The lowest BCUT2D eigenvalue weighted by atomic mass is 10.1. The van der Waals surface area contributed by atoms with Crippen LogP contribution >= 0.6 is 0 Å². The lowest BCUT2D eigenvalue weighted by molar-refractivity contribution is 0.686. The van der Waals surface area contributed by atoms with E-state index in [1.54, 1.807) is 6.26 Å². The number of nitrogens with two attached hydrogens (primary N) is 1. The number of hydrogen-bond donors (Lipinski definition) is 2. The largest absolute Gasteiger partial charge is 0.370 e. The van der Waals surface area contributed by atoms with Gasteiger partial charge in [-0.3, -0.25) is 4.21 Å². The first kappa shape index (κ1) is 16.7. The van der Waals surface area contributed by atoms with E-state index in [4.69, 9.17) is 5.73 Å². The lowest BCUT2D eigenvalue weighted by Gasteiger charge is -2.08. The van der Waals surface area contributed by atoms with Crippen LogP contribution in [0.15, 0.2) is 47.5 Å². The van der Waals surface area contributed by atoms with E-state index >= 15 is 0 Å². The number of rotatable bonds is 5. The van der Waals surface area contributed by atoms with Gasteiger partial charge in [-0.05, 0) is 53.6 Å². The summed E-state index contributed by atoms with van der Waals surface area (Å²) < 4.78 is 11.2. The normalized spacial score (nSPS) is 15.1. The average Bonchev–Trinajstić information content (AvgIpc) is 3.01. The highest BCUT2D eigenvalue weighted by Gasteiger charge is 2.10. The first-order valence-electron chi connectivity index (χ1n) is 8.17. The molecule has 0 bridgehead atoms. The number of aliphatic imine (C=N–C) groups is 1. The second-order valence-corrected chi connectivity index (χ2v) is 7.63. The molecule has 3 N–H and O–H groups in total. The summed E-state index contributed by atoms with van der Waals surface area (Å²) in [6, 6.07) is 14.4. The van der Waals surface area contributed by atoms with E-state index in [1.165, 1.54) is 24.0 Å². The number of benzene rings is 2. The molecular weight excluding hydrogens is 318 g/mol.